The van der Waals surface area contributed by atoms with Gasteiger partial charge in [0.1, 0.15) is 11.6 Å². The largest absolute Gasteiger partial charge is 0.496 e. The van der Waals surface area contributed by atoms with Crippen molar-refractivity contribution in [2.24, 2.45) is 0 Å². The number of aromatic nitrogens is 2. The lowest BCUT2D eigenvalue weighted by molar-refractivity contribution is 0.348. The molecule has 0 radical (unpaired) electrons. The van der Waals surface area contributed by atoms with Crippen LogP contribution in [0.5, 0.6) is 17.2 Å². The van der Waals surface area contributed by atoms with Crippen LogP contribution in [-0.2, 0) is 6.54 Å². The number of rotatable bonds is 4. The van der Waals surface area contributed by atoms with Gasteiger partial charge in [-0.3, -0.25) is 9.36 Å². The van der Waals surface area contributed by atoms with Crippen LogP contribution in [0.25, 0.3) is 22.6 Å². The first-order chi connectivity index (χ1) is 13.5. The van der Waals surface area contributed by atoms with Gasteiger partial charge in [0.15, 0.2) is 11.5 Å². The summed E-state index contributed by atoms with van der Waals surface area (Å²) < 4.78 is 17.9. The van der Waals surface area contributed by atoms with Crippen molar-refractivity contribution < 1.29 is 14.2 Å². The Morgan fingerprint density at radius 1 is 1.04 bits per heavy atom. The number of hydrogen-bond acceptors (Lipinski definition) is 5. The molecule has 0 aliphatic carbocycles. The number of fused-ring (bicyclic) bond motifs is 2. The van der Waals surface area contributed by atoms with Crippen LogP contribution in [0.4, 0.5) is 0 Å². The topological polar surface area (TPSA) is 62.6 Å². The van der Waals surface area contributed by atoms with Crippen LogP contribution in [-0.4, -0.2) is 30.9 Å². The van der Waals surface area contributed by atoms with Gasteiger partial charge < -0.3 is 14.2 Å². The SMILES string of the molecule is COc1cc(OC)c(OC)cc1/C=C1\CCn2c1nc1ccc(Cl)cc1c2=O. The summed E-state index contributed by atoms with van der Waals surface area (Å²) in [7, 11) is 4.77. The molecule has 1 aromatic heterocycles. The molecule has 2 aromatic carbocycles. The molecule has 0 fully saturated rings. The molecular weight excluding hydrogens is 380 g/mol. The molecule has 0 saturated carbocycles. The maximum absolute atomic E-state index is 12.9. The average molecular weight is 399 g/mol. The highest BCUT2D eigenvalue weighted by atomic mass is 35.5. The van der Waals surface area contributed by atoms with Gasteiger partial charge >= 0.3 is 0 Å². The summed E-state index contributed by atoms with van der Waals surface area (Å²) >= 11 is 6.04. The van der Waals surface area contributed by atoms with E-state index in [1.54, 1.807) is 50.2 Å². The third-order valence-electron chi connectivity index (χ3n) is 4.87. The van der Waals surface area contributed by atoms with E-state index in [0.717, 1.165) is 11.1 Å². The number of allylic oxidation sites excluding steroid dienone is 1. The second kappa shape index (κ2) is 7.20. The van der Waals surface area contributed by atoms with Crippen molar-refractivity contribution in [3.05, 3.63) is 57.1 Å². The van der Waals surface area contributed by atoms with Crippen LogP contribution in [0.1, 0.15) is 17.8 Å². The van der Waals surface area contributed by atoms with Gasteiger partial charge in [0.25, 0.3) is 5.56 Å². The summed E-state index contributed by atoms with van der Waals surface area (Å²) in [5.41, 5.74) is 2.34. The second-order valence-corrected chi connectivity index (χ2v) is 6.86. The molecular formula is C21H19ClN2O4. The second-order valence-electron chi connectivity index (χ2n) is 6.42. The van der Waals surface area contributed by atoms with E-state index < -0.39 is 0 Å². The highest BCUT2D eigenvalue weighted by molar-refractivity contribution is 6.31. The Bertz CT molecular complexity index is 1170. The molecule has 7 heteroatoms. The van der Waals surface area contributed by atoms with Crippen molar-refractivity contribution >= 4 is 34.2 Å². The lowest BCUT2D eigenvalue weighted by Gasteiger charge is -2.13. The Labute approximate surface area is 166 Å². The van der Waals surface area contributed by atoms with E-state index >= 15 is 0 Å². The fraction of sp³-hybridized carbons (Fsp3) is 0.238. The number of hydrogen-bond donors (Lipinski definition) is 0. The highest BCUT2D eigenvalue weighted by Gasteiger charge is 2.22. The van der Waals surface area contributed by atoms with Gasteiger partial charge in [0.2, 0.25) is 0 Å². The van der Waals surface area contributed by atoms with Gasteiger partial charge in [-0.1, -0.05) is 11.6 Å². The Balaban J connectivity index is 1.88. The van der Waals surface area contributed by atoms with Crippen LogP contribution < -0.4 is 19.8 Å². The first kappa shape index (κ1) is 18.4. The summed E-state index contributed by atoms with van der Waals surface area (Å²) in [5, 5.41) is 1.05. The number of ether oxygens (including phenoxy) is 3. The Kier molecular flexibility index (Phi) is 4.73. The van der Waals surface area contributed by atoms with Crippen LogP contribution >= 0.6 is 11.6 Å². The van der Waals surface area contributed by atoms with Gasteiger partial charge in [-0.2, -0.15) is 0 Å². The van der Waals surface area contributed by atoms with Crippen LogP contribution in [0.15, 0.2) is 35.1 Å². The maximum atomic E-state index is 12.9. The average Bonchev–Trinajstić information content (AvgIpc) is 3.11. The fourth-order valence-corrected chi connectivity index (χ4v) is 3.65. The van der Waals surface area contributed by atoms with Crippen molar-refractivity contribution in [3.63, 3.8) is 0 Å². The standard InChI is InChI=1S/C21H19ClN2O4/c1-26-17-11-19(28-3)18(27-2)9-13(17)8-12-6-7-24-20(12)23-16-5-4-14(22)10-15(16)21(24)25/h4-5,8-11H,6-7H2,1-3H3/b12-8+. The van der Waals surface area contributed by atoms with Gasteiger partial charge in [-0.25, -0.2) is 4.98 Å². The highest BCUT2D eigenvalue weighted by Crippen LogP contribution is 2.37. The molecule has 6 nitrogen and oxygen atoms in total. The molecule has 3 aromatic rings. The summed E-state index contributed by atoms with van der Waals surface area (Å²) in [4.78, 5) is 17.6. The number of benzene rings is 2. The zero-order chi connectivity index (χ0) is 19.8. The molecule has 0 N–H and O–H groups in total. The third-order valence-corrected chi connectivity index (χ3v) is 5.11. The minimum absolute atomic E-state index is 0.0785. The van der Waals surface area contributed by atoms with Crippen LogP contribution in [0.2, 0.25) is 5.02 Å². The predicted octanol–water partition coefficient (Wildman–Crippen LogP) is 4.02. The Morgan fingerprint density at radius 2 is 1.75 bits per heavy atom. The van der Waals surface area contributed by atoms with Crippen molar-refractivity contribution in [1.29, 1.82) is 0 Å². The Morgan fingerprint density at radius 3 is 2.46 bits per heavy atom. The van der Waals surface area contributed by atoms with Gasteiger partial charge in [0, 0.05) is 23.2 Å². The number of nitrogens with zero attached hydrogens (tertiary/aromatic N) is 2. The molecule has 1 aliphatic rings. The quantitative estimate of drug-likeness (QED) is 0.664. The maximum Gasteiger partial charge on any atom is 0.261 e. The molecule has 144 valence electrons. The van der Waals surface area contributed by atoms with Crippen molar-refractivity contribution in [3.8, 4) is 17.2 Å². The first-order valence-electron chi connectivity index (χ1n) is 8.76. The zero-order valence-electron chi connectivity index (χ0n) is 15.8. The van der Waals surface area contributed by atoms with E-state index in [0.29, 0.717) is 52.0 Å². The van der Waals surface area contributed by atoms with E-state index in [4.69, 9.17) is 30.8 Å². The van der Waals surface area contributed by atoms with Gasteiger partial charge in [-0.15, -0.1) is 0 Å². The first-order valence-corrected chi connectivity index (χ1v) is 9.14. The minimum Gasteiger partial charge on any atom is -0.496 e. The van der Waals surface area contributed by atoms with E-state index in [9.17, 15) is 4.79 Å². The molecule has 4 rings (SSSR count). The zero-order valence-corrected chi connectivity index (χ0v) is 16.5. The molecule has 2 heterocycles. The molecule has 0 spiro atoms. The molecule has 0 bridgehead atoms. The molecule has 0 amide bonds. The monoisotopic (exact) mass is 398 g/mol. The molecule has 0 unspecified atom stereocenters. The lowest BCUT2D eigenvalue weighted by Crippen LogP contribution is -2.20. The fourth-order valence-electron chi connectivity index (χ4n) is 3.48. The van der Waals surface area contributed by atoms with Crippen molar-refractivity contribution in [2.75, 3.05) is 21.3 Å². The molecule has 28 heavy (non-hydrogen) atoms. The number of halogens is 1. The molecule has 0 atom stereocenters. The minimum atomic E-state index is -0.0785. The molecule has 1 aliphatic heterocycles. The van der Waals surface area contributed by atoms with Crippen LogP contribution in [0, 0.1) is 0 Å². The van der Waals surface area contributed by atoms with Gasteiger partial charge in [-0.05, 0) is 42.3 Å². The normalized spacial score (nSPS) is 14.4. The third kappa shape index (κ3) is 2.99. The summed E-state index contributed by atoms with van der Waals surface area (Å²) in [5.74, 6) is 2.51. The lowest BCUT2D eigenvalue weighted by atomic mass is 10.1. The van der Waals surface area contributed by atoms with E-state index in [1.807, 2.05) is 12.1 Å². The smallest absolute Gasteiger partial charge is 0.261 e. The Hall–Kier alpha value is -2.99. The summed E-state index contributed by atoms with van der Waals surface area (Å²) in [6.45, 7) is 0.574. The van der Waals surface area contributed by atoms with Crippen LogP contribution in [0.3, 0.4) is 0 Å². The predicted molar refractivity (Wildman–Crippen MR) is 110 cm³/mol. The summed E-state index contributed by atoms with van der Waals surface area (Å²) in [6.07, 6.45) is 2.68. The van der Waals surface area contributed by atoms with E-state index in [2.05, 4.69) is 0 Å². The van der Waals surface area contributed by atoms with Gasteiger partial charge in [0.05, 0.1) is 32.2 Å². The van der Waals surface area contributed by atoms with Crippen molar-refractivity contribution in [1.82, 2.24) is 9.55 Å². The van der Waals surface area contributed by atoms with E-state index in [1.165, 1.54) is 0 Å². The summed E-state index contributed by atoms with van der Waals surface area (Å²) in [6, 6.07) is 8.81. The number of methoxy groups -OCH3 is 3. The van der Waals surface area contributed by atoms with E-state index in [-0.39, 0.29) is 5.56 Å². The molecule has 0 saturated heterocycles. The van der Waals surface area contributed by atoms with Crippen molar-refractivity contribution in [2.45, 2.75) is 13.0 Å².